The first-order valence-electron chi connectivity index (χ1n) is 7.92. The van der Waals surface area contributed by atoms with Gasteiger partial charge in [0.15, 0.2) is 5.60 Å². The van der Waals surface area contributed by atoms with Crippen molar-refractivity contribution in [2.24, 2.45) is 5.16 Å². The number of pyridine rings is 1. The Hall–Kier alpha value is -2.64. The van der Waals surface area contributed by atoms with Gasteiger partial charge in [-0.05, 0) is 25.0 Å². The van der Waals surface area contributed by atoms with Crippen LogP contribution in [-0.4, -0.2) is 65.2 Å². The van der Waals surface area contributed by atoms with Crippen molar-refractivity contribution in [1.82, 2.24) is 14.8 Å². The molecule has 3 rings (SSSR count). The number of hydrogen-bond acceptors (Lipinski definition) is 5. The zero-order valence-corrected chi connectivity index (χ0v) is 13.9. The van der Waals surface area contributed by atoms with Crippen LogP contribution in [0.2, 0.25) is 0 Å². The average Bonchev–Trinajstić information content (AvgIpc) is 2.98. The van der Waals surface area contributed by atoms with Gasteiger partial charge in [-0.25, -0.2) is 4.79 Å². The normalized spacial score (nSPS) is 22.8. The van der Waals surface area contributed by atoms with E-state index in [0.717, 1.165) is 12.8 Å². The first-order chi connectivity index (χ1) is 11.5. The molecule has 0 aliphatic carbocycles. The van der Waals surface area contributed by atoms with Gasteiger partial charge < -0.3 is 20.0 Å². The number of piperidine rings is 1. The van der Waals surface area contributed by atoms with Gasteiger partial charge in [-0.15, -0.1) is 0 Å². The van der Waals surface area contributed by atoms with E-state index in [0.29, 0.717) is 30.9 Å². The lowest BCUT2D eigenvalue weighted by atomic mass is 9.88. The molecule has 1 N–H and O–H groups in total. The van der Waals surface area contributed by atoms with Gasteiger partial charge in [0, 0.05) is 33.3 Å². The third-order valence-corrected chi connectivity index (χ3v) is 4.21. The highest BCUT2D eigenvalue weighted by atomic mass is 16.7. The molecule has 1 spiro atoms. The van der Waals surface area contributed by atoms with E-state index < -0.39 is 5.60 Å². The molecule has 3 amide bonds. The average molecular weight is 331 g/mol. The minimum atomic E-state index is -0.592. The summed E-state index contributed by atoms with van der Waals surface area (Å²) in [7, 11) is 3.45. The quantitative estimate of drug-likeness (QED) is 0.885. The van der Waals surface area contributed by atoms with Gasteiger partial charge >= 0.3 is 6.03 Å². The second kappa shape index (κ2) is 6.46. The SMILES string of the molecule is CN(C)C(=O)N1CCC[C@]2(CC(C(=O)Nc3cccnc3)=NO2)C1. The summed E-state index contributed by atoms with van der Waals surface area (Å²) in [6.07, 6.45) is 5.21. The Bertz CT molecular complexity index is 661. The highest BCUT2D eigenvalue weighted by Crippen LogP contribution is 2.34. The maximum atomic E-state index is 12.3. The molecule has 2 aliphatic rings. The molecule has 1 aromatic heterocycles. The Labute approximate surface area is 140 Å². The number of amides is 3. The minimum Gasteiger partial charge on any atom is -0.386 e. The van der Waals surface area contributed by atoms with Gasteiger partial charge in [0.05, 0.1) is 18.4 Å². The highest BCUT2D eigenvalue weighted by molar-refractivity contribution is 6.43. The van der Waals surface area contributed by atoms with Crippen molar-refractivity contribution in [1.29, 1.82) is 0 Å². The fraction of sp³-hybridized carbons (Fsp3) is 0.500. The summed E-state index contributed by atoms with van der Waals surface area (Å²) in [6.45, 7) is 1.14. The molecule has 0 unspecified atom stereocenters. The van der Waals surface area contributed by atoms with Crippen molar-refractivity contribution >= 4 is 23.3 Å². The molecule has 1 fully saturated rings. The molecular weight excluding hydrogens is 310 g/mol. The topological polar surface area (TPSA) is 87.1 Å². The van der Waals surface area contributed by atoms with E-state index in [2.05, 4.69) is 15.5 Å². The number of anilines is 1. The summed E-state index contributed by atoms with van der Waals surface area (Å²) in [4.78, 5) is 37.4. The predicted molar refractivity (Wildman–Crippen MR) is 88.6 cm³/mol. The van der Waals surface area contributed by atoms with E-state index in [4.69, 9.17) is 4.84 Å². The van der Waals surface area contributed by atoms with Crippen molar-refractivity contribution in [2.75, 3.05) is 32.5 Å². The van der Waals surface area contributed by atoms with E-state index in [1.807, 2.05) is 0 Å². The monoisotopic (exact) mass is 331 g/mol. The Morgan fingerprint density at radius 1 is 1.42 bits per heavy atom. The first-order valence-corrected chi connectivity index (χ1v) is 7.92. The number of carbonyl (C=O) groups is 2. The van der Waals surface area contributed by atoms with Gasteiger partial charge in [0.25, 0.3) is 5.91 Å². The molecule has 128 valence electrons. The van der Waals surface area contributed by atoms with E-state index >= 15 is 0 Å². The van der Waals surface area contributed by atoms with Crippen molar-refractivity contribution in [3.05, 3.63) is 24.5 Å². The van der Waals surface area contributed by atoms with Gasteiger partial charge in [-0.1, -0.05) is 5.16 Å². The van der Waals surface area contributed by atoms with Crippen LogP contribution in [0.1, 0.15) is 19.3 Å². The third-order valence-electron chi connectivity index (χ3n) is 4.21. The zero-order valence-electron chi connectivity index (χ0n) is 13.9. The summed E-state index contributed by atoms with van der Waals surface area (Å²) in [5, 5.41) is 6.74. The zero-order chi connectivity index (χ0) is 17.2. The molecule has 8 nitrogen and oxygen atoms in total. The lowest BCUT2D eigenvalue weighted by molar-refractivity contribution is -0.110. The van der Waals surface area contributed by atoms with Crippen LogP contribution in [0.5, 0.6) is 0 Å². The van der Waals surface area contributed by atoms with Crippen LogP contribution < -0.4 is 5.32 Å². The maximum Gasteiger partial charge on any atom is 0.319 e. The number of nitrogens with one attached hydrogen (secondary N) is 1. The number of nitrogens with zero attached hydrogens (tertiary/aromatic N) is 4. The number of likely N-dealkylation sites (tertiary alicyclic amines) is 1. The number of urea groups is 1. The molecule has 0 saturated carbocycles. The van der Waals surface area contributed by atoms with Gasteiger partial charge in [0.2, 0.25) is 0 Å². The number of aromatic nitrogens is 1. The summed E-state index contributed by atoms with van der Waals surface area (Å²) in [5.74, 6) is -0.295. The van der Waals surface area contributed by atoms with E-state index in [1.54, 1.807) is 48.4 Å². The molecule has 0 bridgehead atoms. The molecule has 8 heteroatoms. The standard InChI is InChI=1S/C16H21N5O3/c1-20(2)15(23)21-8-4-6-16(11-21)9-13(19-24-16)14(22)18-12-5-3-7-17-10-12/h3,5,7,10H,4,6,8-9,11H2,1-2H3,(H,18,22)/t16-/m0/s1. The van der Waals surface area contributed by atoms with Crippen molar-refractivity contribution in [2.45, 2.75) is 24.9 Å². The van der Waals surface area contributed by atoms with E-state index in [9.17, 15) is 9.59 Å². The lowest BCUT2D eigenvalue weighted by Gasteiger charge is -2.39. The fourth-order valence-corrected chi connectivity index (χ4v) is 3.05. The number of oxime groups is 1. The van der Waals surface area contributed by atoms with Crippen LogP contribution in [0.3, 0.4) is 0 Å². The summed E-state index contributed by atoms with van der Waals surface area (Å²) in [6, 6.07) is 3.45. The Balaban J connectivity index is 1.63. The maximum absolute atomic E-state index is 12.3. The molecule has 1 saturated heterocycles. The molecule has 2 aliphatic heterocycles. The van der Waals surface area contributed by atoms with Crippen LogP contribution in [0.25, 0.3) is 0 Å². The van der Waals surface area contributed by atoms with Crippen molar-refractivity contribution in [3.63, 3.8) is 0 Å². The molecule has 1 aromatic rings. The van der Waals surface area contributed by atoms with Crippen LogP contribution in [0, 0.1) is 0 Å². The molecule has 24 heavy (non-hydrogen) atoms. The number of carbonyl (C=O) groups excluding carboxylic acids is 2. The highest BCUT2D eigenvalue weighted by Gasteiger charge is 2.45. The Morgan fingerprint density at radius 3 is 2.96 bits per heavy atom. The molecule has 0 aromatic carbocycles. The second-order valence-electron chi connectivity index (χ2n) is 6.39. The molecule has 1 atom stereocenters. The van der Waals surface area contributed by atoms with Crippen LogP contribution in [0.15, 0.2) is 29.7 Å². The smallest absolute Gasteiger partial charge is 0.319 e. The largest absolute Gasteiger partial charge is 0.386 e. The molecule has 3 heterocycles. The van der Waals surface area contributed by atoms with E-state index in [-0.39, 0.29) is 11.9 Å². The van der Waals surface area contributed by atoms with E-state index in [1.165, 1.54) is 0 Å². The Kier molecular flexibility index (Phi) is 4.37. The van der Waals surface area contributed by atoms with Crippen molar-refractivity contribution in [3.8, 4) is 0 Å². The molecule has 0 radical (unpaired) electrons. The minimum absolute atomic E-state index is 0.0501. The first kappa shape index (κ1) is 16.2. The fourth-order valence-electron chi connectivity index (χ4n) is 3.05. The van der Waals surface area contributed by atoms with Gasteiger partial charge in [0.1, 0.15) is 5.71 Å². The summed E-state index contributed by atoms with van der Waals surface area (Å²) < 4.78 is 0. The van der Waals surface area contributed by atoms with Crippen LogP contribution >= 0.6 is 0 Å². The number of rotatable bonds is 2. The Morgan fingerprint density at radius 2 is 2.25 bits per heavy atom. The summed E-state index contributed by atoms with van der Waals surface area (Å²) >= 11 is 0. The summed E-state index contributed by atoms with van der Waals surface area (Å²) in [5.41, 5.74) is 0.364. The van der Waals surface area contributed by atoms with Crippen LogP contribution in [0.4, 0.5) is 10.5 Å². The third kappa shape index (κ3) is 3.32. The molecular formula is C16H21N5O3. The van der Waals surface area contributed by atoms with Gasteiger partial charge in [-0.3, -0.25) is 9.78 Å². The van der Waals surface area contributed by atoms with Gasteiger partial charge in [-0.2, -0.15) is 0 Å². The second-order valence-corrected chi connectivity index (χ2v) is 6.39. The lowest BCUT2D eigenvalue weighted by Crippen LogP contribution is -2.53. The van der Waals surface area contributed by atoms with Crippen LogP contribution in [-0.2, 0) is 9.63 Å². The number of hydrogen-bond donors (Lipinski definition) is 1. The van der Waals surface area contributed by atoms with Crippen molar-refractivity contribution < 1.29 is 14.4 Å². The predicted octanol–water partition coefficient (Wildman–Crippen LogP) is 1.31.